The quantitative estimate of drug-likeness (QED) is 0.495. The van der Waals surface area contributed by atoms with Gasteiger partial charge < -0.3 is 14.9 Å². The first-order valence-corrected chi connectivity index (χ1v) is 12.4. The molecule has 0 amide bonds. The van der Waals surface area contributed by atoms with Crippen LogP contribution in [-0.4, -0.2) is 87.6 Å². The van der Waals surface area contributed by atoms with E-state index in [1.165, 1.54) is 56.0 Å². The summed E-state index contributed by atoms with van der Waals surface area (Å²) in [5.41, 5.74) is 1.71. The molecule has 2 aromatic heterocycles. The lowest BCUT2D eigenvalue weighted by Gasteiger charge is -2.39. The summed E-state index contributed by atoms with van der Waals surface area (Å²) in [6.45, 7) is 6.75. The highest BCUT2D eigenvalue weighted by Gasteiger charge is 2.41. The van der Waals surface area contributed by atoms with Crippen molar-refractivity contribution in [1.29, 1.82) is 0 Å². The van der Waals surface area contributed by atoms with Crippen LogP contribution in [0.5, 0.6) is 5.88 Å². The predicted molar refractivity (Wildman–Crippen MR) is 127 cm³/mol. The summed E-state index contributed by atoms with van der Waals surface area (Å²) in [5.74, 6) is -4.75. The second-order valence-corrected chi connectivity index (χ2v) is 9.92. The highest BCUT2D eigenvalue weighted by molar-refractivity contribution is 7.09. The van der Waals surface area contributed by atoms with E-state index in [0.29, 0.717) is 5.41 Å². The van der Waals surface area contributed by atoms with Crippen molar-refractivity contribution in [3.8, 4) is 5.88 Å². The number of aliphatic carboxylic acids is 2. The number of likely N-dealkylation sites (tertiary alicyclic amines) is 2. The fourth-order valence-electron chi connectivity index (χ4n) is 4.25. The van der Waals surface area contributed by atoms with E-state index >= 15 is 0 Å². The molecule has 16 heteroatoms. The second-order valence-electron chi connectivity index (χ2n) is 8.94. The van der Waals surface area contributed by atoms with Gasteiger partial charge in [-0.25, -0.2) is 19.6 Å². The van der Waals surface area contributed by atoms with Crippen molar-refractivity contribution in [3.05, 3.63) is 40.5 Å². The lowest BCUT2D eigenvalue weighted by molar-refractivity contribution is -0.193. The van der Waals surface area contributed by atoms with Gasteiger partial charge in [0.25, 0.3) is 0 Å². The number of piperidine rings is 1. The molecule has 2 N–H and O–H groups in total. The Morgan fingerprint density at radius 1 is 0.949 bits per heavy atom. The molecule has 0 saturated carbocycles. The number of hydrogen-bond donors (Lipinski definition) is 2. The first kappa shape index (κ1) is 32.2. The van der Waals surface area contributed by atoms with Crippen LogP contribution in [0.15, 0.2) is 29.9 Å². The number of methoxy groups -OCH3 is 1. The minimum Gasteiger partial charge on any atom is -0.481 e. The lowest BCUT2D eigenvalue weighted by atomic mass is 9.77. The van der Waals surface area contributed by atoms with Gasteiger partial charge >= 0.3 is 24.3 Å². The van der Waals surface area contributed by atoms with Crippen molar-refractivity contribution in [3.63, 3.8) is 0 Å². The zero-order valence-corrected chi connectivity index (χ0v) is 21.7. The molecule has 0 unspecified atom stereocenters. The van der Waals surface area contributed by atoms with Crippen LogP contribution in [0, 0.1) is 5.41 Å². The Balaban J connectivity index is 0.000000317. The van der Waals surface area contributed by atoms with E-state index in [1.54, 1.807) is 24.6 Å². The molecule has 2 fully saturated rings. The SMILES string of the molecule is COc1ncccc1CN1CCC2(CC1)CCN(Cc1nccs1)C2.O=C(O)C(F)(F)F.O=C(O)C(F)(F)F. The molecule has 2 aliphatic rings. The van der Waals surface area contributed by atoms with Gasteiger partial charge in [-0.05, 0) is 50.4 Å². The number of thiazole rings is 1. The van der Waals surface area contributed by atoms with Gasteiger partial charge in [0.2, 0.25) is 5.88 Å². The molecule has 4 heterocycles. The number of hydrogen-bond acceptors (Lipinski definition) is 8. The van der Waals surface area contributed by atoms with E-state index in [2.05, 4.69) is 31.2 Å². The van der Waals surface area contributed by atoms with Crippen LogP contribution in [0.25, 0.3) is 0 Å². The van der Waals surface area contributed by atoms with Gasteiger partial charge in [0, 0.05) is 36.4 Å². The Bertz CT molecular complexity index is 1040. The smallest absolute Gasteiger partial charge is 0.481 e. The molecule has 218 valence electrons. The zero-order chi connectivity index (χ0) is 29.3. The summed E-state index contributed by atoms with van der Waals surface area (Å²) in [6.07, 6.45) is -2.53. The van der Waals surface area contributed by atoms with Crippen LogP contribution in [0.1, 0.15) is 29.8 Å². The standard InChI is InChI=1S/C19H26N4OS.2C2HF3O2/c1-24-18-16(3-2-7-21-18)13-22-9-4-19(5-10-22)6-11-23(15-19)14-17-20-8-12-25-17;2*3-2(4,5)1(6)7/h2-3,7-8,12H,4-6,9-11,13-15H2,1H3;2*(H,6,7). The van der Waals surface area contributed by atoms with Gasteiger partial charge in [-0.15, -0.1) is 11.3 Å². The lowest BCUT2D eigenvalue weighted by Crippen LogP contribution is -2.41. The minimum absolute atomic E-state index is 0.521. The number of nitrogens with zero attached hydrogens (tertiary/aromatic N) is 4. The van der Waals surface area contributed by atoms with Crippen LogP contribution in [0.3, 0.4) is 0 Å². The number of ether oxygens (including phenoxy) is 1. The van der Waals surface area contributed by atoms with E-state index in [-0.39, 0.29) is 0 Å². The third-order valence-corrected chi connectivity index (χ3v) is 6.96. The van der Waals surface area contributed by atoms with E-state index in [1.807, 2.05) is 12.3 Å². The molecule has 4 rings (SSSR count). The topological polar surface area (TPSA) is 116 Å². The third kappa shape index (κ3) is 10.6. The van der Waals surface area contributed by atoms with Crippen LogP contribution in [-0.2, 0) is 22.7 Å². The van der Waals surface area contributed by atoms with Crippen molar-refractivity contribution < 1.29 is 50.9 Å². The fourth-order valence-corrected chi connectivity index (χ4v) is 4.91. The number of carbonyl (C=O) groups is 2. The maximum atomic E-state index is 10.6. The average molecular weight is 587 g/mol. The molecule has 39 heavy (non-hydrogen) atoms. The van der Waals surface area contributed by atoms with Crippen LogP contribution in [0.2, 0.25) is 0 Å². The molecule has 2 saturated heterocycles. The molecule has 0 aliphatic carbocycles. The highest BCUT2D eigenvalue weighted by Crippen LogP contribution is 2.41. The monoisotopic (exact) mass is 586 g/mol. The summed E-state index contributed by atoms with van der Waals surface area (Å²) in [5, 5.41) is 17.6. The van der Waals surface area contributed by atoms with E-state index in [4.69, 9.17) is 24.5 Å². The molecular weight excluding hydrogens is 558 g/mol. The highest BCUT2D eigenvalue weighted by atomic mass is 32.1. The normalized spacial score (nSPS) is 17.5. The number of carboxylic acid groups (broad SMARTS) is 2. The first-order valence-electron chi connectivity index (χ1n) is 11.6. The van der Waals surface area contributed by atoms with Crippen LogP contribution in [0.4, 0.5) is 26.3 Å². The summed E-state index contributed by atoms with van der Waals surface area (Å²) >= 11 is 1.77. The molecule has 1 spiro atoms. The van der Waals surface area contributed by atoms with Gasteiger partial charge in [0.05, 0.1) is 13.7 Å². The number of carboxylic acids is 2. The molecule has 2 aliphatic heterocycles. The maximum absolute atomic E-state index is 10.6. The Hall–Kier alpha value is -2.98. The van der Waals surface area contributed by atoms with Gasteiger partial charge in [0.1, 0.15) is 5.01 Å². The van der Waals surface area contributed by atoms with Crippen molar-refractivity contribution in [2.45, 2.75) is 44.7 Å². The summed E-state index contributed by atoms with van der Waals surface area (Å²) in [7, 11) is 1.70. The molecule has 0 atom stereocenters. The fraction of sp³-hybridized carbons (Fsp3) is 0.565. The van der Waals surface area contributed by atoms with Gasteiger partial charge in [-0.1, -0.05) is 6.07 Å². The summed E-state index contributed by atoms with van der Waals surface area (Å²) in [6, 6.07) is 4.12. The van der Waals surface area contributed by atoms with Crippen molar-refractivity contribution in [2.75, 3.05) is 33.3 Å². The summed E-state index contributed by atoms with van der Waals surface area (Å²) in [4.78, 5) is 31.7. The molecule has 0 bridgehead atoms. The predicted octanol–water partition coefficient (Wildman–Crippen LogP) is 4.30. The molecule has 0 aromatic carbocycles. The maximum Gasteiger partial charge on any atom is 0.490 e. The van der Waals surface area contributed by atoms with Crippen molar-refractivity contribution in [1.82, 2.24) is 19.8 Å². The Kier molecular flexibility index (Phi) is 11.5. The number of rotatable bonds is 5. The Morgan fingerprint density at radius 3 is 1.95 bits per heavy atom. The van der Waals surface area contributed by atoms with Gasteiger partial charge in [0.15, 0.2) is 0 Å². The van der Waals surface area contributed by atoms with Crippen LogP contribution < -0.4 is 4.74 Å². The molecule has 2 aromatic rings. The third-order valence-electron chi connectivity index (χ3n) is 6.20. The van der Waals surface area contributed by atoms with Crippen LogP contribution >= 0.6 is 11.3 Å². The van der Waals surface area contributed by atoms with Crippen molar-refractivity contribution >= 4 is 23.3 Å². The van der Waals surface area contributed by atoms with E-state index in [0.717, 1.165) is 19.0 Å². The minimum atomic E-state index is -5.08. The zero-order valence-electron chi connectivity index (χ0n) is 20.8. The average Bonchev–Trinajstić information content (AvgIpc) is 3.51. The molecule has 9 nitrogen and oxygen atoms in total. The Morgan fingerprint density at radius 2 is 1.49 bits per heavy atom. The first-order chi connectivity index (χ1) is 18.1. The van der Waals surface area contributed by atoms with Gasteiger partial charge in [-0.2, -0.15) is 26.3 Å². The second kappa shape index (κ2) is 13.9. The molecule has 0 radical (unpaired) electrons. The summed E-state index contributed by atoms with van der Waals surface area (Å²) < 4.78 is 68.9. The van der Waals surface area contributed by atoms with Crippen molar-refractivity contribution in [2.24, 2.45) is 5.41 Å². The van der Waals surface area contributed by atoms with E-state index in [9.17, 15) is 26.3 Å². The number of aromatic nitrogens is 2. The number of alkyl halides is 6. The largest absolute Gasteiger partial charge is 0.490 e. The molecular formula is C23H28F6N4O5S. The Labute approximate surface area is 224 Å². The van der Waals surface area contributed by atoms with Gasteiger partial charge in [-0.3, -0.25) is 9.80 Å². The number of pyridine rings is 1. The van der Waals surface area contributed by atoms with E-state index < -0.39 is 24.3 Å². The number of halogens is 6.